The summed E-state index contributed by atoms with van der Waals surface area (Å²) in [5, 5.41) is 24.3. The second-order valence-corrected chi connectivity index (χ2v) is 9.62. The Bertz CT molecular complexity index is 1460. The molecule has 182 valence electrons. The molecule has 0 aliphatic rings. The predicted octanol–water partition coefficient (Wildman–Crippen LogP) is 1.03. The van der Waals surface area contributed by atoms with Crippen molar-refractivity contribution in [3.8, 4) is 33.8 Å². The minimum absolute atomic E-state index is 0. The van der Waals surface area contributed by atoms with E-state index in [0.717, 1.165) is 50.9 Å². The van der Waals surface area contributed by atoms with Gasteiger partial charge in [0.05, 0.1) is 6.71 Å². The Morgan fingerprint density at radius 3 is 0.974 bits per heavy atom. The Morgan fingerprint density at radius 2 is 0.711 bits per heavy atom. The van der Waals surface area contributed by atoms with Crippen LogP contribution < -0.4 is 67.8 Å². The Morgan fingerprint density at radius 1 is 0.447 bits per heavy atom. The van der Waals surface area contributed by atoms with Crippen LogP contribution >= 0.6 is 0 Å². The van der Waals surface area contributed by atoms with Crippen LogP contribution in [0.2, 0.25) is 0 Å². The predicted molar refractivity (Wildman–Crippen MR) is 152 cm³/mol. The van der Waals surface area contributed by atoms with E-state index in [-0.39, 0.29) is 51.4 Å². The number of aromatic amines is 3. The fraction of sp³-hybridized carbons (Fsp3) is 0.100. The molecule has 0 spiro atoms. The summed E-state index contributed by atoms with van der Waals surface area (Å²) in [4.78, 5) is 0. The zero-order valence-corrected chi connectivity index (χ0v) is 25.3. The van der Waals surface area contributed by atoms with Crippen LogP contribution in [0.25, 0.3) is 33.8 Å². The van der Waals surface area contributed by atoms with E-state index in [9.17, 15) is 0 Å². The molecule has 3 aromatic heterocycles. The first-order valence-electron chi connectivity index (χ1n) is 12.6. The maximum absolute atomic E-state index is 4.73. The van der Waals surface area contributed by atoms with E-state index >= 15 is 0 Å². The van der Waals surface area contributed by atoms with Crippen LogP contribution in [-0.2, 0) is 0 Å². The number of rotatable bonds is 6. The third-order valence-corrected chi connectivity index (χ3v) is 7.47. The van der Waals surface area contributed by atoms with Crippen molar-refractivity contribution >= 4 is 23.1 Å². The van der Waals surface area contributed by atoms with Crippen molar-refractivity contribution < 1.29 is 51.4 Å². The van der Waals surface area contributed by atoms with E-state index < -0.39 is 6.71 Å². The van der Waals surface area contributed by atoms with Crippen LogP contribution in [0.5, 0.6) is 0 Å². The van der Waals surface area contributed by atoms with Crippen molar-refractivity contribution in [2.45, 2.75) is 20.8 Å². The maximum Gasteiger partial charge on any atom is 1.00 e. The number of benzene rings is 3. The van der Waals surface area contributed by atoms with Crippen molar-refractivity contribution in [3.05, 3.63) is 108 Å². The van der Waals surface area contributed by atoms with E-state index in [4.69, 9.17) is 15.3 Å². The van der Waals surface area contributed by atoms with Gasteiger partial charge >= 0.3 is 51.4 Å². The van der Waals surface area contributed by atoms with Gasteiger partial charge < -0.3 is 0 Å². The average molecular weight is 523 g/mol. The van der Waals surface area contributed by atoms with Crippen LogP contribution in [0.1, 0.15) is 17.1 Å². The van der Waals surface area contributed by atoms with Gasteiger partial charge in [0.15, 0.2) is 0 Å². The van der Waals surface area contributed by atoms with Gasteiger partial charge in [0, 0.05) is 34.2 Å². The van der Waals surface area contributed by atoms with Crippen LogP contribution in [0, 0.1) is 20.8 Å². The molecule has 3 heterocycles. The first-order valence-corrected chi connectivity index (χ1v) is 12.6. The van der Waals surface area contributed by atoms with E-state index in [0.29, 0.717) is 0 Å². The Hall–Kier alpha value is -3.01. The smallest absolute Gasteiger partial charge is 0.281 e. The zero-order chi connectivity index (χ0) is 25.4. The third-order valence-electron chi connectivity index (χ3n) is 7.47. The Kier molecular flexibility index (Phi) is 7.97. The maximum atomic E-state index is 4.73. The minimum atomic E-state index is -1.38. The average Bonchev–Trinajstić information content (AvgIpc) is 3.64. The SMILES string of the molecule is Cc1n[nH]c(-c2ccccc2)c1[BH-](c1c(C)n[nH]c1-c1ccccc1)c1c(C)n[nH]c1-c1ccccc1.[K+]. The molecule has 0 saturated carbocycles. The zero-order valence-electron chi connectivity index (χ0n) is 22.2. The van der Waals surface area contributed by atoms with Gasteiger partial charge in [-0.25, -0.2) is 0 Å². The number of hydrogen-bond acceptors (Lipinski definition) is 3. The molecule has 0 amide bonds. The summed E-state index contributed by atoms with van der Waals surface area (Å²) in [6.45, 7) is 4.89. The fourth-order valence-electron chi connectivity index (χ4n) is 5.73. The van der Waals surface area contributed by atoms with Crippen LogP contribution in [0.4, 0.5) is 0 Å². The molecule has 0 fully saturated rings. The molecular weight excluding hydrogens is 494 g/mol. The topological polar surface area (TPSA) is 86.0 Å². The van der Waals surface area contributed by atoms with Crippen LogP contribution in [-0.4, -0.2) is 37.3 Å². The van der Waals surface area contributed by atoms with Gasteiger partial charge in [-0.3, -0.25) is 15.3 Å². The molecule has 6 aromatic rings. The molecule has 38 heavy (non-hydrogen) atoms. The first-order chi connectivity index (χ1) is 18.1. The minimum Gasteiger partial charge on any atom is -0.281 e. The third kappa shape index (κ3) is 4.79. The Balaban J connectivity index is 0.00000294. The molecule has 0 saturated heterocycles. The normalized spacial score (nSPS) is 11.1. The number of aromatic nitrogens is 6. The second kappa shape index (κ2) is 11.4. The van der Waals surface area contributed by atoms with Gasteiger partial charge in [-0.2, -0.15) is 31.7 Å². The van der Waals surface area contributed by atoms with Gasteiger partial charge in [0.25, 0.3) is 0 Å². The quantitative estimate of drug-likeness (QED) is 0.286. The monoisotopic (exact) mass is 522 g/mol. The molecular formula is C30H28BKN6. The van der Waals surface area contributed by atoms with Crippen LogP contribution in [0.15, 0.2) is 91.0 Å². The van der Waals surface area contributed by atoms with E-state index in [1.807, 2.05) is 18.2 Å². The number of aryl methyl sites for hydroxylation is 3. The molecule has 0 atom stereocenters. The second-order valence-electron chi connectivity index (χ2n) is 9.62. The number of nitrogens with one attached hydrogen (secondary N) is 3. The molecule has 0 bridgehead atoms. The van der Waals surface area contributed by atoms with E-state index in [1.54, 1.807) is 0 Å². The van der Waals surface area contributed by atoms with Crippen molar-refractivity contribution in [2.75, 3.05) is 0 Å². The summed E-state index contributed by atoms with van der Waals surface area (Å²) < 4.78 is 0. The first kappa shape index (κ1) is 26.6. The molecule has 6 nitrogen and oxygen atoms in total. The standard InChI is InChI=1S/C30H28BN6.K/c1-19-25(28(35-32-19)22-13-7-4-8-14-22)31(26-20(2)33-36-29(26)23-15-9-5-10-16-23)27-21(3)34-37-30(27)24-17-11-6-12-18-24;/h4-18,31H,1-3H3,(H,32,35)(H,33,36)(H,34,37);/q-1;+1. The number of H-pyrrole nitrogens is 3. The number of hydrogen-bond donors (Lipinski definition) is 3. The molecule has 0 aliphatic heterocycles. The van der Waals surface area contributed by atoms with Gasteiger partial charge in [-0.05, 0) is 37.5 Å². The van der Waals surface area contributed by atoms with Crippen molar-refractivity contribution in [2.24, 2.45) is 0 Å². The summed E-state index contributed by atoms with van der Waals surface area (Å²) >= 11 is 0. The molecule has 3 N–H and O–H groups in total. The number of nitrogens with zero attached hydrogens (tertiary/aromatic N) is 3. The van der Waals surface area contributed by atoms with Crippen molar-refractivity contribution in [3.63, 3.8) is 0 Å². The molecule has 0 unspecified atom stereocenters. The summed E-state index contributed by atoms with van der Waals surface area (Å²) in [5.74, 6) is 0. The summed E-state index contributed by atoms with van der Waals surface area (Å²) in [6.07, 6.45) is 0. The summed E-state index contributed by atoms with van der Waals surface area (Å²) in [7, 11) is 0. The molecule has 0 aliphatic carbocycles. The van der Waals surface area contributed by atoms with Gasteiger partial charge in [-0.15, -0.1) is 0 Å². The van der Waals surface area contributed by atoms with Crippen LogP contribution in [0.3, 0.4) is 0 Å². The largest absolute Gasteiger partial charge is 1.00 e. The Labute approximate surface area is 265 Å². The van der Waals surface area contributed by atoms with Gasteiger partial charge in [0.1, 0.15) is 0 Å². The molecule has 0 radical (unpaired) electrons. The molecule has 8 heteroatoms. The van der Waals surface area contributed by atoms with Crippen molar-refractivity contribution in [1.29, 1.82) is 0 Å². The van der Waals surface area contributed by atoms with Gasteiger partial charge in [-0.1, -0.05) is 91.0 Å². The van der Waals surface area contributed by atoms with Crippen molar-refractivity contribution in [1.82, 2.24) is 30.6 Å². The summed E-state index contributed by atoms with van der Waals surface area (Å²) in [6, 6.07) is 31.3. The summed E-state index contributed by atoms with van der Waals surface area (Å²) in [5.41, 5.74) is 13.0. The van der Waals surface area contributed by atoms with E-state index in [1.165, 1.54) is 16.4 Å². The van der Waals surface area contributed by atoms with Gasteiger partial charge in [0.2, 0.25) is 0 Å². The fourth-order valence-corrected chi connectivity index (χ4v) is 5.73. The molecule has 3 aromatic carbocycles. The molecule has 6 rings (SSSR count). The van der Waals surface area contributed by atoms with E-state index in [2.05, 4.69) is 109 Å².